The van der Waals surface area contributed by atoms with E-state index in [0.29, 0.717) is 12.0 Å². The topological polar surface area (TPSA) is 29.1 Å². The molecular weight excluding hydrogens is 217 g/mol. The second-order valence-corrected chi connectivity index (χ2v) is 4.69. The molecule has 92 valence electrons. The molecule has 1 heterocycles. The van der Waals surface area contributed by atoms with E-state index in [9.17, 15) is 9.18 Å². The minimum absolute atomic E-state index is 0.0296. The molecule has 0 spiro atoms. The van der Waals surface area contributed by atoms with E-state index in [-0.39, 0.29) is 23.2 Å². The first-order chi connectivity index (χ1) is 8.14. The summed E-state index contributed by atoms with van der Waals surface area (Å²) in [5.41, 5.74) is 0.296. The summed E-state index contributed by atoms with van der Waals surface area (Å²) in [7, 11) is 0. The smallest absolute Gasteiger partial charge is 0.221 e. The molecule has 1 aliphatic heterocycles. The second-order valence-electron chi connectivity index (χ2n) is 4.69. The predicted octanol–water partition coefficient (Wildman–Crippen LogP) is 2.77. The fourth-order valence-electron chi connectivity index (χ4n) is 3.00. The molecule has 2 atom stereocenters. The Kier molecular flexibility index (Phi) is 3.18. The van der Waals surface area contributed by atoms with E-state index in [2.05, 4.69) is 5.32 Å². The van der Waals surface area contributed by atoms with E-state index in [1.54, 1.807) is 6.07 Å². The van der Waals surface area contributed by atoms with Gasteiger partial charge in [0.05, 0.1) is 0 Å². The Morgan fingerprint density at radius 1 is 1.41 bits per heavy atom. The number of halogens is 1. The van der Waals surface area contributed by atoms with Crippen LogP contribution in [0.15, 0.2) is 24.3 Å². The van der Waals surface area contributed by atoms with Gasteiger partial charge in [0.2, 0.25) is 5.91 Å². The van der Waals surface area contributed by atoms with Gasteiger partial charge in [-0.1, -0.05) is 32.0 Å². The van der Waals surface area contributed by atoms with Crippen molar-refractivity contribution < 1.29 is 9.18 Å². The molecule has 1 N–H and O–H groups in total. The largest absolute Gasteiger partial charge is 0.352 e. The van der Waals surface area contributed by atoms with Gasteiger partial charge in [0.15, 0.2) is 0 Å². The number of hydrogen-bond donors (Lipinski definition) is 1. The first kappa shape index (κ1) is 12.1. The summed E-state index contributed by atoms with van der Waals surface area (Å²) in [6.07, 6.45) is 1.99. The van der Waals surface area contributed by atoms with Gasteiger partial charge in [0.25, 0.3) is 0 Å². The molecule has 0 aromatic heterocycles. The molecule has 1 aromatic rings. The van der Waals surface area contributed by atoms with Crippen molar-refractivity contribution in [3.05, 3.63) is 35.6 Å². The van der Waals surface area contributed by atoms with E-state index >= 15 is 0 Å². The van der Waals surface area contributed by atoms with Crippen LogP contribution in [0.25, 0.3) is 0 Å². The van der Waals surface area contributed by atoms with Crippen molar-refractivity contribution in [2.45, 2.75) is 44.6 Å². The highest BCUT2D eigenvalue weighted by Crippen LogP contribution is 2.41. The van der Waals surface area contributed by atoms with E-state index < -0.39 is 0 Å². The number of carbonyl (C=O) groups excluding carboxylic acids is 1. The molecule has 0 bridgehead atoms. The third-order valence-corrected chi connectivity index (χ3v) is 3.93. The molecule has 0 aliphatic carbocycles. The molecule has 3 heteroatoms. The number of amides is 1. The molecule has 0 saturated carbocycles. The van der Waals surface area contributed by atoms with Gasteiger partial charge in [-0.05, 0) is 24.5 Å². The van der Waals surface area contributed by atoms with Crippen LogP contribution >= 0.6 is 0 Å². The number of rotatable bonds is 3. The zero-order valence-electron chi connectivity index (χ0n) is 10.3. The third kappa shape index (κ3) is 1.84. The first-order valence-corrected chi connectivity index (χ1v) is 6.18. The summed E-state index contributed by atoms with van der Waals surface area (Å²) in [6, 6.07) is 6.85. The number of carbonyl (C=O) groups is 1. The Hall–Kier alpha value is -1.38. The SMILES string of the molecule is CCC1NC(=O)CC1(CC)c1ccccc1F. The molecule has 2 unspecified atom stereocenters. The maximum Gasteiger partial charge on any atom is 0.221 e. The maximum atomic E-state index is 14.0. The lowest BCUT2D eigenvalue weighted by molar-refractivity contribution is -0.119. The Bertz CT molecular complexity index is 432. The Morgan fingerprint density at radius 3 is 2.71 bits per heavy atom. The van der Waals surface area contributed by atoms with Gasteiger partial charge in [-0.25, -0.2) is 4.39 Å². The number of benzene rings is 1. The Morgan fingerprint density at radius 2 is 2.12 bits per heavy atom. The van der Waals surface area contributed by atoms with Gasteiger partial charge in [0.1, 0.15) is 5.82 Å². The molecule has 0 radical (unpaired) electrons. The average molecular weight is 235 g/mol. The van der Waals surface area contributed by atoms with Crippen molar-refractivity contribution in [3.8, 4) is 0 Å². The van der Waals surface area contributed by atoms with Crippen LogP contribution in [-0.4, -0.2) is 11.9 Å². The summed E-state index contributed by atoms with van der Waals surface area (Å²) in [5.74, 6) is -0.175. The van der Waals surface area contributed by atoms with Crippen LogP contribution in [0.3, 0.4) is 0 Å². The monoisotopic (exact) mass is 235 g/mol. The van der Waals surface area contributed by atoms with Crippen LogP contribution < -0.4 is 5.32 Å². The van der Waals surface area contributed by atoms with Crippen molar-refractivity contribution in [1.29, 1.82) is 0 Å². The molecule has 1 aliphatic rings. The van der Waals surface area contributed by atoms with Gasteiger partial charge in [-0.3, -0.25) is 4.79 Å². The van der Waals surface area contributed by atoms with Gasteiger partial charge in [0, 0.05) is 17.9 Å². The lowest BCUT2D eigenvalue weighted by atomic mass is 9.71. The standard InChI is InChI=1S/C14H18FNO/c1-3-12-14(4-2,9-13(17)16-12)10-7-5-6-8-11(10)15/h5-8,12H,3-4,9H2,1-2H3,(H,16,17). The summed E-state index contributed by atoms with van der Waals surface area (Å²) in [4.78, 5) is 11.6. The molecule has 1 fully saturated rings. The zero-order valence-corrected chi connectivity index (χ0v) is 10.3. The first-order valence-electron chi connectivity index (χ1n) is 6.18. The minimum atomic E-state index is -0.378. The Labute approximate surface area is 101 Å². The lowest BCUT2D eigenvalue weighted by Crippen LogP contribution is -2.40. The highest BCUT2D eigenvalue weighted by atomic mass is 19.1. The summed E-state index contributed by atoms with van der Waals surface area (Å²) < 4.78 is 14.0. The molecule has 1 aromatic carbocycles. The van der Waals surface area contributed by atoms with E-state index in [1.807, 2.05) is 26.0 Å². The fraction of sp³-hybridized carbons (Fsp3) is 0.500. The number of nitrogens with one attached hydrogen (secondary N) is 1. The van der Waals surface area contributed by atoms with Crippen LogP contribution in [0.5, 0.6) is 0 Å². The van der Waals surface area contributed by atoms with Gasteiger partial charge < -0.3 is 5.32 Å². The summed E-state index contributed by atoms with van der Waals surface area (Å²) >= 11 is 0. The average Bonchev–Trinajstić information content (AvgIpc) is 2.67. The highest BCUT2D eigenvalue weighted by Gasteiger charge is 2.47. The predicted molar refractivity (Wildman–Crippen MR) is 65.2 cm³/mol. The summed E-state index contributed by atoms with van der Waals surface area (Å²) in [6.45, 7) is 4.05. The van der Waals surface area contributed by atoms with Crippen molar-refractivity contribution in [1.82, 2.24) is 5.32 Å². The normalized spacial score (nSPS) is 28.2. The van der Waals surface area contributed by atoms with E-state index in [4.69, 9.17) is 0 Å². The van der Waals surface area contributed by atoms with Crippen LogP contribution in [0.4, 0.5) is 4.39 Å². The quantitative estimate of drug-likeness (QED) is 0.857. The Balaban J connectivity index is 2.51. The zero-order chi connectivity index (χ0) is 12.5. The fourth-order valence-corrected chi connectivity index (χ4v) is 3.00. The van der Waals surface area contributed by atoms with Crippen LogP contribution in [0.2, 0.25) is 0 Å². The third-order valence-electron chi connectivity index (χ3n) is 3.93. The van der Waals surface area contributed by atoms with Crippen LogP contribution in [0.1, 0.15) is 38.7 Å². The minimum Gasteiger partial charge on any atom is -0.352 e. The van der Waals surface area contributed by atoms with Gasteiger partial charge in [-0.15, -0.1) is 0 Å². The van der Waals surface area contributed by atoms with Gasteiger partial charge >= 0.3 is 0 Å². The number of hydrogen-bond acceptors (Lipinski definition) is 1. The highest BCUT2D eigenvalue weighted by molar-refractivity contribution is 5.81. The molecule has 1 amide bonds. The van der Waals surface area contributed by atoms with E-state index in [1.165, 1.54) is 6.07 Å². The molecule has 2 rings (SSSR count). The van der Waals surface area contributed by atoms with Crippen molar-refractivity contribution in [2.75, 3.05) is 0 Å². The van der Waals surface area contributed by atoms with Crippen LogP contribution in [0, 0.1) is 5.82 Å². The lowest BCUT2D eigenvalue weighted by Gasteiger charge is -2.33. The van der Waals surface area contributed by atoms with Crippen molar-refractivity contribution in [3.63, 3.8) is 0 Å². The maximum absolute atomic E-state index is 14.0. The van der Waals surface area contributed by atoms with E-state index in [0.717, 1.165) is 12.8 Å². The molecular formula is C14H18FNO. The van der Waals surface area contributed by atoms with Crippen LogP contribution in [-0.2, 0) is 10.2 Å². The second kappa shape index (κ2) is 4.47. The molecule has 2 nitrogen and oxygen atoms in total. The molecule has 17 heavy (non-hydrogen) atoms. The van der Waals surface area contributed by atoms with Crippen molar-refractivity contribution in [2.24, 2.45) is 0 Å². The van der Waals surface area contributed by atoms with Gasteiger partial charge in [-0.2, -0.15) is 0 Å². The van der Waals surface area contributed by atoms with Crippen molar-refractivity contribution >= 4 is 5.91 Å². The molecule has 1 saturated heterocycles. The summed E-state index contributed by atoms with van der Waals surface area (Å²) in [5, 5.41) is 2.97.